The molecule has 0 amide bonds. The number of esters is 1. The number of anilines is 1. The van der Waals surface area contributed by atoms with E-state index in [2.05, 4.69) is 31.9 Å². The van der Waals surface area contributed by atoms with E-state index in [-0.39, 0.29) is 22.9 Å². The second kappa shape index (κ2) is 12.0. The van der Waals surface area contributed by atoms with Crippen molar-refractivity contribution in [3.63, 3.8) is 0 Å². The van der Waals surface area contributed by atoms with Gasteiger partial charge in [0, 0.05) is 0 Å². The van der Waals surface area contributed by atoms with E-state index in [1.807, 2.05) is 0 Å². The van der Waals surface area contributed by atoms with Crippen molar-refractivity contribution in [1.82, 2.24) is 24.6 Å². The van der Waals surface area contributed by atoms with Crippen LogP contribution in [-0.4, -0.2) is 67.1 Å². The van der Waals surface area contributed by atoms with E-state index < -0.39 is 62.0 Å². The number of aliphatic hydroxyl groups is 1. The average Bonchev–Trinajstić information content (AvgIpc) is 3.42. The standard InChI is InChI=1S/C25H32N7O8P/c1-5-11-25(27)19(33)17(39-23(25)32-13-28-18-20(32)29-24(26)30-21(18)34)12-37-41(36,40-16-9-7-6-8-10-16)31-15(4)22(35)38-14(2)3/h6-10,13-15,17,19,23,33H,12,27H2,1-4H3,(H,31,36)(H3,26,29,30,34)/t15-,17+,19-,23+,25+,41?/m0/s1. The van der Waals surface area contributed by atoms with Crippen LogP contribution >= 0.6 is 7.75 Å². The highest BCUT2D eigenvalue weighted by molar-refractivity contribution is 7.52. The van der Waals surface area contributed by atoms with Crippen LogP contribution < -0.4 is 26.6 Å². The summed E-state index contributed by atoms with van der Waals surface area (Å²) in [5.41, 5.74) is 9.98. The second-order valence-corrected chi connectivity index (χ2v) is 11.3. The molecule has 0 spiro atoms. The molecule has 3 aromatic rings. The summed E-state index contributed by atoms with van der Waals surface area (Å²) in [4.78, 5) is 35.3. The monoisotopic (exact) mass is 589 g/mol. The molecule has 1 aromatic carbocycles. The second-order valence-electron chi connectivity index (χ2n) is 9.59. The van der Waals surface area contributed by atoms with Crippen LogP contribution in [-0.2, 0) is 23.4 Å². The van der Waals surface area contributed by atoms with Crippen molar-refractivity contribution >= 4 is 30.8 Å². The number of H-pyrrole nitrogens is 1. The predicted octanol–water partition coefficient (Wildman–Crippen LogP) is 0.814. The van der Waals surface area contributed by atoms with Crippen molar-refractivity contribution in [3.05, 3.63) is 47.0 Å². The molecule has 0 bridgehead atoms. The summed E-state index contributed by atoms with van der Waals surface area (Å²) < 4.78 is 37.8. The number of hydrogen-bond donors (Lipinski definition) is 5. The summed E-state index contributed by atoms with van der Waals surface area (Å²) in [6.45, 7) is 5.82. The van der Waals surface area contributed by atoms with Crippen LogP contribution in [0.15, 0.2) is 41.5 Å². The van der Waals surface area contributed by atoms with Gasteiger partial charge >= 0.3 is 13.7 Å². The Labute approximate surface area is 235 Å². The fourth-order valence-corrected chi connectivity index (χ4v) is 5.71. The molecule has 1 fully saturated rings. The van der Waals surface area contributed by atoms with E-state index in [9.17, 15) is 19.3 Å². The van der Waals surface area contributed by atoms with Gasteiger partial charge in [-0.1, -0.05) is 24.1 Å². The van der Waals surface area contributed by atoms with Crippen molar-refractivity contribution in [2.24, 2.45) is 5.73 Å². The lowest BCUT2D eigenvalue weighted by Gasteiger charge is -2.28. The number of rotatable bonds is 10. The number of fused-ring (bicyclic) bond motifs is 1. The molecule has 6 atom stereocenters. The Hall–Kier alpha value is -3.77. The van der Waals surface area contributed by atoms with Crippen LogP contribution in [0, 0.1) is 11.8 Å². The van der Waals surface area contributed by atoms with Gasteiger partial charge in [-0.05, 0) is 39.8 Å². The van der Waals surface area contributed by atoms with E-state index in [0.717, 1.165) is 0 Å². The molecule has 1 saturated heterocycles. The fraction of sp³-hybridized carbons (Fsp3) is 0.440. The third-order valence-corrected chi connectivity index (χ3v) is 7.68. The Kier molecular flexibility index (Phi) is 8.83. The highest BCUT2D eigenvalue weighted by Gasteiger charge is 2.55. The first-order chi connectivity index (χ1) is 19.4. The lowest BCUT2D eigenvalue weighted by atomic mass is 9.91. The Morgan fingerprint density at radius 1 is 1.34 bits per heavy atom. The number of nitrogens with zero attached hydrogens (tertiary/aromatic N) is 3. The van der Waals surface area contributed by atoms with Crippen molar-refractivity contribution in [2.75, 3.05) is 12.3 Å². The molecule has 41 heavy (non-hydrogen) atoms. The maximum absolute atomic E-state index is 13.9. The average molecular weight is 590 g/mol. The molecular weight excluding hydrogens is 557 g/mol. The Bertz CT molecular complexity index is 1570. The first-order valence-corrected chi connectivity index (χ1v) is 14.2. The van der Waals surface area contributed by atoms with E-state index in [4.69, 9.17) is 30.0 Å². The summed E-state index contributed by atoms with van der Waals surface area (Å²) >= 11 is 0. The van der Waals surface area contributed by atoms with Crippen LogP contribution in [0.4, 0.5) is 5.95 Å². The predicted molar refractivity (Wildman–Crippen MR) is 147 cm³/mol. The Morgan fingerprint density at radius 3 is 2.71 bits per heavy atom. The maximum Gasteiger partial charge on any atom is 0.459 e. The lowest BCUT2D eigenvalue weighted by molar-refractivity contribution is -0.149. The highest BCUT2D eigenvalue weighted by Crippen LogP contribution is 2.47. The van der Waals surface area contributed by atoms with Crippen molar-refractivity contribution in [2.45, 2.75) is 63.8 Å². The number of carbonyl (C=O) groups is 1. The molecule has 220 valence electrons. The molecule has 1 unspecified atom stereocenters. The van der Waals surface area contributed by atoms with Crippen molar-refractivity contribution < 1.29 is 33.0 Å². The lowest BCUT2D eigenvalue weighted by Crippen LogP contribution is -2.53. The number of nitrogens with two attached hydrogens (primary N) is 2. The third kappa shape index (κ3) is 6.43. The van der Waals surface area contributed by atoms with Gasteiger partial charge in [-0.2, -0.15) is 10.1 Å². The number of carbonyl (C=O) groups excluding carboxylic acids is 1. The third-order valence-electron chi connectivity index (χ3n) is 6.03. The highest BCUT2D eigenvalue weighted by atomic mass is 31.2. The zero-order valence-electron chi connectivity index (χ0n) is 22.8. The van der Waals surface area contributed by atoms with Gasteiger partial charge in [0.1, 0.15) is 24.0 Å². The van der Waals surface area contributed by atoms with E-state index in [1.165, 1.54) is 24.7 Å². The van der Waals surface area contributed by atoms with Crippen LogP contribution in [0.5, 0.6) is 5.75 Å². The molecule has 3 heterocycles. The van der Waals surface area contributed by atoms with Gasteiger partial charge in [0.2, 0.25) is 5.95 Å². The van der Waals surface area contributed by atoms with Crippen LogP contribution in [0.25, 0.3) is 11.2 Å². The number of aromatic amines is 1. The largest absolute Gasteiger partial charge is 0.462 e. The Balaban J connectivity index is 1.62. The SMILES string of the molecule is CC#C[C@@]1(N)[C@@H](O)[C@@H](COP(=O)(N[C@@H](C)C(=O)OC(C)C)Oc2ccccc2)O[C@H]1n1cnc2c(=O)[nH]c(N)nc21. The molecule has 0 aliphatic carbocycles. The minimum atomic E-state index is -4.28. The fourth-order valence-electron chi connectivity index (χ4n) is 4.21. The summed E-state index contributed by atoms with van der Waals surface area (Å²) in [5, 5.41) is 13.8. The van der Waals surface area contributed by atoms with Gasteiger partial charge in [-0.15, -0.1) is 5.92 Å². The molecule has 4 rings (SSSR count). The number of aromatic nitrogens is 4. The van der Waals surface area contributed by atoms with E-state index >= 15 is 0 Å². The van der Waals surface area contributed by atoms with Gasteiger partial charge in [0.25, 0.3) is 5.56 Å². The van der Waals surface area contributed by atoms with Crippen LogP contribution in [0.1, 0.15) is 33.9 Å². The summed E-state index contributed by atoms with van der Waals surface area (Å²) in [6, 6.07) is 7.09. The molecule has 0 saturated carbocycles. The minimum absolute atomic E-state index is 0.0315. The number of ether oxygens (including phenoxy) is 2. The van der Waals surface area contributed by atoms with Gasteiger partial charge in [-0.3, -0.25) is 23.7 Å². The number of hydrogen-bond acceptors (Lipinski definition) is 12. The minimum Gasteiger partial charge on any atom is -0.462 e. The number of benzene rings is 1. The number of aliphatic hydroxyl groups excluding tert-OH is 1. The molecule has 2 aromatic heterocycles. The molecule has 0 radical (unpaired) electrons. The van der Waals surface area contributed by atoms with Gasteiger partial charge in [0.05, 0.1) is 19.0 Å². The smallest absolute Gasteiger partial charge is 0.459 e. The summed E-state index contributed by atoms with van der Waals surface area (Å²) in [6.07, 6.45) is -3.03. The van der Waals surface area contributed by atoms with Crippen LogP contribution in [0.2, 0.25) is 0 Å². The number of para-hydroxylation sites is 1. The zero-order valence-corrected chi connectivity index (χ0v) is 23.7. The van der Waals surface area contributed by atoms with E-state index in [0.29, 0.717) is 0 Å². The number of nitrogens with one attached hydrogen (secondary N) is 2. The van der Waals surface area contributed by atoms with Crippen LogP contribution in [0.3, 0.4) is 0 Å². The van der Waals surface area contributed by atoms with Gasteiger partial charge < -0.3 is 30.6 Å². The zero-order chi connectivity index (χ0) is 29.9. The van der Waals surface area contributed by atoms with Crippen molar-refractivity contribution in [1.29, 1.82) is 0 Å². The molecule has 15 nitrogen and oxygen atoms in total. The van der Waals surface area contributed by atoms with Gasteiger partial charge in [-0.25, -0.2) is 9.55 Å². The normalized spacial score (nSPS) is 24.4. The molecule has 1 aliphatic heterocycles. The molecule has 1 aliphatic rings. The first kappa shape index (κ1) is 30.2. The summed E-state index contributed by atoms with van der Waals surface area (Å²) in [7, 11) is -4.28. The summed E-state index contributed by atoms with van der Waals surface area (Å²) in [5.74, 6) is 4.80. The molecule has 16 heteroatoms. The number of imidazole rings is 1. The molecular formula is C25H32N7O8P. The Morgan fingerprint density at radius 2 is 2.05 bits per heavy atom. The van der Waals surface area contributed by atoms with Gasteiger partial charge in [0.15, 0.2) is 22.9 Å². The molecule has 7 N–H and O–H groups in total. The first-order valence-electron chi connectivity index (χ1n) is 12.6. The van der Waals surface area contributed by atoms with Crippen molar-refractivity contribution in [3.8, 4) is 17.6 Å². The topological polar surface area (TPSA) is 219 Å². The number of nitrogen functional groups attached to an aromatic ring is 1. The quantitative estimate of drug-likeness (QED) is 0.126. The maximum atomic E-state index is 13.9. The van der Waals surface area contributed by atoms with E-state index in [1.54, 1.807) is 44.2 Å².